The molecule has 0 atom stereocenters. The van der Waals surface area contributed by atoms with Crippen LogP contribution in [-0.2, 0) is 10.8 Å². The lowest BCUT2D eigenvalue weighted by atomic mass is 9.81. The molecule has 688 valence electrons. The number of anilines is 6. The van der Waals surface area contributed by atoms with Gasteiger partial charge >= 0.3 is 0 Å². The van der Waals surface area contributed by atoms with E-state index >= 15 is 0 Å². The number of hydrogen-bond acceptors (Lipinski definition) is 8. The van der Waals surface area contributed by atoms with Crippen molar-refractivity contribution < 1.29 is 26.5 Å². The zero-order chi connectivity index (χ0) is 96.7. The summed E-state index contributed by atoms with van der Waals surface area (Å²) in [7, 11) is 0. The highest BCUT2D eigenvalue weighted by atomic mass is 16.3. The highest BCUT2D eigenvalue weighted by Crippen LogP contribution is 2.57. The fourth-order valence-electron chi connectivity index (χ4n) is 23.6. The first kappa shape index (κ1) is 84.1. The lowest BCUT2D eigenvalue weighted by Crippen LogP contribution is -2.18. The van der Waals surface area contributed by atoms with Gasteiger partial charge < -0.3 is 36.3 Å². The van der Waals surface area contributed by atoms with E-state index in [9.17, 15) is 0 Å². The molecule has 8 heteroatoms. The number of nitrogens with zero attached hydrogens (tertiary/aromatic N) is 2. The molecule has 6 heterocycles. The van der Waals surface area contributed by atoms with E-state index in [0.29, 0.717) is 0 Å². The Bertz CT molecular complexity index is 9760. The standard InChI is InChI=1S/C72H49NO3.C66H41NO3/c1-71(2)61-38-44(49-16-11-18-58-55-13-5-9-21-66(55)75-69(49)58)25-32-51(61)53-34-30-47(40-63(53)71)73(46-28-23-42(24-29-46)43-27-36-68-60(37-43)57-15-7-8-20-65(57)74-68)48-31-35-54-52-33-26-45(39-62(52)72(3,4)64(54)41-48)50-17-12-19-59-56-14-6-10-22-67(56)76-70(50)59;1-5-17-62-55(9-1)58-14-7-12-53(65(58)69-62)47-23-19-42(20-24-47)44-27-34-50(35-28-44)67(52-38-31-46(32-39-52)49-33-40-64-60(41-49)57-11-3-4-16-61(57)68-64)51-36-29-45(30-37-51)43-21-25-48(26-22-43)54-13-8-15-59-56-10-2-6-18-63(56)70-66(54)59/h5-41H,1-4H3;1-41H. The summed E-state index contributed by atoms with van der Waals surface area (Å²) in [6.45, 7) is 9.52. The van der Waals surface area contributed by atoms with Gasteiger partial charge in [-0.1, -0.05) is 355 Å². The van der Waals surface area contributed by atoms with Gasteiger partial charge in [0.25, 0.3) is 0 Å². The molecule has 0 radical (unpaired) electrons. The Balaban J connectivity index is 0.000000139. The predicted molar refractivity (Wildman–Crippen MR) is 605 cm³/mol. The van der Waals surface area contributed by atoms with E-state index in [0.717, 1.165) is 255 Å². The smallest absolute Gasteiger partial charge is 0.143 e. The maximum Gasteiger partial charge on any atom is 0.143 e. The summed E-state index contributed by atoms with van der Waals surface area (Å²) in [4.78, 5) is 4.79. The molecule has 22 aromatic carbocycles. The third-order valence-corrected chi connectivity index (χ3v) is 31.1. The molecule has 8 nitrogen and oxygen atoms in total. The molecular formula is C138H90N2O6. The summed E-state index contributed by atoms with van der Waals surface area (Å²) < 4.78 is 38.2. The highest BCUT2D eigenvalue weighted by molar-refractivity contribution is 6.15. The minimum Gasteiger partial charge on any atom is -0.456 e. The second kappa shape index (κ2) is 32.9. The Morgan fingerprint density at radius 2 is 0.342 bits per heavy atom. The Morgan fingerprint density at radius 1 is 0.137 bits per heavy atom. The summed E-state index contributed by atoms with van der Waals surface area (Å²) in [6.07, 6.45) is 0. The normalized spacial score (nSPS) is 12.9. The quantitative estimate of drug-likeness (QED) is 0.106. The lowest BCUT2D eigenvalue weighted by molar-refractivity contribution is 0.659. The monoisotopic (exact) mass is 1870 g/mol. The van der Waals surface area contributed by atoms with Crippen LogP contribution in [0.25, 0.3) is 243 Å². The third kappa shape index (κ3) is 13.6. The fraction of sp³-hybridized carbons (Fsp3) is 0.0435. The Kier molecular flexibility index (Phi) is 19.0. The van der Waals surface area contributed by atoms with Crippen LogP contribution < -0.4 is 9.80 Å². The van der Waals surface area contributed by atoms with Crippen molar-refractivity contribution in [2.45, 2.75) is 38.5 Å². The van der Waals surface area contributed by atoms with Crippen molar-refractivity contribution in [3.63, 3.8) is 0 Å². The lowest BCUT2D eigenvalue weighted by Gasteiger charge is -2.30. The van der Waals surface area contributed by atoms with E-state index in [-0.39, 0.29) is 10.8 Å². The molecule has 0 spiro atoms. The van der Waals surface area contributed by atoms with E-state index in [1.54, 1.807) is 0 Å². The molecule has 30 rings (SSSR count). The second-order valence-electron chi connectivity index (χ2n) is 40.0. The molecule has 0 unspecified atom stereocenters. The number of benzene rings is 22. The fourth-order valence-corrected chi connectivity index (χ4v) is 23.6. The largest absolute Gasteiger partial charge is 0.456 e. The molecule has 0 amide bonds. The molecular weight excluding hydrogens is 1780 g/mol. The van der Waals surface area contributed by atoms with E-state index in [2.05, 4.69) is 450 Å². The van der Waals surface area contributed by atoms with Gasteiger partial charge in [-0.05, 0) is 257 Å². The molecule has 0 saturated heterocycles. The molecule has 0 aliphatic heterocycles. The number of hydrogen-bond donors (Lipinski definition) is 0. The van der Waals surface area contributed by atoms with Gasteiger partial charge in [-0.2, -0.15) is 0 Å². The topological polar surface area (TPSA) is 85.3 Å². The molecule has 0 fully saturated rings. The van der Waals surface area contributed by atoms with Crippen LogP contribution in [0.5, 0.6) is 0 Å². The van der Waals surface area contributed by atoms with Gasteiger partial charge in [0, 0.05) is 132 Å². The van der Waals surface area contributed by atoms with Crippen LogP contribution in [0.3, 0.4) is 0 Å². The summed E-state index contributed by atoms with van der Waals surface area (Å²) in [5, 5.41) is 13.6. The van der Waals surface area contributed by atoms with Crippen molar-refractivity contribution in [1.29, 1.82) is 0 Å². The maximum atomic E-state index is 6.55. The Labute approximate surface area is 841 Å². The average Bonchev–Trinajstić information content (AvgIpc) is 1.56. The zero-order valence-corrected chi connectivity index (χ0v) is 80.4. The molecule has 146 heavy (non-hydrogen) atoms. The molecule has 0 saturated carbocycles. The Hall–Kier alpha value is -18.8. The van der Waals surface area contributed by atoms with Crippen molar-refractivity contribution in [3.05, 3.63) is 495 Å². The average molecular weight is 1870 g/mol. The van der Waals surface area contributed by atoms with Crippen LogP contribution in [0.4, 0.5) is 34.1 Å². The van der Waals surface area contributed by atoms with Crippen molar-refractivity contribution in [2.24, 2.45) is 0 Å². The molecule has 6 aromatic heterocycles. The van der Waals surface area contributed by atoms with Crippen LogP contribution in [0, 0.1) is 0 Å². The SMILES string of the molecule is CC1(C)c2cc(-c3cccc4c3oc3ccccc34)ccc2-c2ccc(N(c3ccc(-c4ccc5oc6ccccc6c5c4)cc3)c3ccc4c(c3)C(C)(C)c3cc(-c5cccc6c5oc5ccccc56)ccc3-4)cc21.c1ccc2c(c1)oc1ccc(-c3ccc(N(c4ccc(-c5ccc(-c6cccc7c6oc6ccccc67)cc5)cc4)c4ccc(-c5ccc(-c6cccc7c6oc6ccccc67)cc5)cc4)cc3)cc12. The van der Waals surface area contributed by atoms with Crippen LogP contribution >= 0.6 is 0 Å². The van der Waals surface area contributed by atoms with E-state index in [4.69, 9.17) is 26.5 Å². The van der Waals surface area contributed by atoms with Gasteiger partial charge in [0.05, 0.1) is 0 Å². The first-order valence-corrected chi connectivity index (χ1v) is 50.1. The van der Waals surface area contributed by atoms with Crippen LogP contribution in [0.15, 0.2) is 500 Å². The van der Waals surface area contributed by atoms with Crippen LogP contribution in [0.2, 0.25) is 0 Å². The predicted octanol–water partition coefficient (Wildman–Crippen LogP) is 39.7. The number of rotatable bonds is 14. The van der Waals surface area contributed by atoms with Crippen molar-refractivity contribution in [3.8, 4) is 111 Å². The van der Waals surface area contributed by atoms with Gasteiger partial charge in [-0.25, -0.2) is 0 Å². The molecule has 2 aliphatic carbocycles. The van der Waals surface area contributed by atoms with Gasteiger partial charge in [0.1, 0.15) is 67.0 Å². The van der Waals surface area contributed by atoms with Crippen molar-refractivity contribution in [1.82, 2.24) is 0 Å². The van der Waals surface area contributed by atoms with Crippen LogP contribution in [-0.4, -0.2) is 0 Å². The molecule has 0 bridgehead atoms. The second-order valence-corrected chi connectivity index (χ2v) is 40.0. The van der Waals surface area contributed by atoms with Gasteiger partial charge in [0.2, 0.25) is 0 Å². The summed E-state index contributed by atoms with van der Waals surface area (Å²) >= 11 is 0. The third-order valence-electron chi connectivity index (χ3n) is 31.1. The zero-order valence-electron chi connectivity index (χ0n) is 80.4. The van der Waals surface area contributed by atoms with Gasteiger partial charge in [-0.3, -0.25) is 0 Å². The maximum absolute atomic E-state index is 6.55. The van der Waals surface area contributed by atoms with Crippen LogP contribution in [0.1, 0.15) is 49.9 Å². The number of para-hydroxylation sites is 10. The minimum absolute atomic E-state index is 0.282. The first-order chi connectivity index (χ1) is 71.8. The molecule has 0 N–H and O–H groups in total. The minimum atomic E-state index is -0.282. The van der Waals surface area contributed by atoms with Crippen molar-refractivity contribution in [2.75, 3.05) is 9.80 Å². The summed E-state index contributed by atoms with van der Waals surface area (Å²) in [5.74, 6) is 0. The first-order valence-electron chi connectivity index (χ1n) is 50.1. The number of furan rings is 6. The van der Waals surface area contributed by atoms with E-state index < -0.39 is 0 Å². The van der Waals surface area contributed by atoms with Crippen molar-refractivity contribution >= 4 is 166 Å². The number of fused-ring (bicyclic) bond motifs is 24. The highest BCUT2D eigenvalue weighted by Gasteiger charge is 2.40. The van der Waals surface area contributed by atoms with E-state index in [1.165, 1.54) is 44.5 Å². The molecule has 28 aromatic rings. The summed E-state index contributed by atoms with van der Waals surface area (Å²) in [6, 6.07) is 170. The Morgan fingerprint density at radius 3 is 0.651 bits per heavy atom. The summed E-state index contributed by atoms with van der Waals surface area (Å²) in [5.41, 5.74) is 45.3. The van der Waals surface area contributed by atoms with Gasteiger partial charge in [-0.15, -0.1) is 0 Å². The van der Waals surface area contributed by atoms with E-state index in [1.807, 2.05) is 60.7 Å². The van der Waals surface area contributed by atoms with Gasteiger partial charge in [0.15, 0.2) is 0 Å². The molecule has 2 aliphatic rings.